The number of rotatable bonds is 2. The molecule has 0 spiro atoms. The number of halogens is 3. The molecule has 0 fully saturated rings. The summed E-state index contributed by atoms with van der Waals surface area (Å²) in [5.74, 6) is -1.37. The Morgan fingerprint density at radius 2 is 2.08 bits per heavy atom. The molecular weight excluding hydrogens is 183 g/mol. The predicted molar refractivity (Wildman–Crippen MR) is 41.5 cm³/mol. The van der Waals surface area contributed by atoms with Crippen molar-refractivity contribution in [1.82, 2.24) is 4.98 Å². The highest BCUT2D eigenvalue weighted by atomic mass is 19.3. The summed E-state index contributed by atoms with van der Waals surface area (Å²) < 4.78 is 37.5. The van der Waals surface area contributed by atoms with Crippen molar-refractivity contribution in [3.05, 3.63) is 23.1 Å². The first-order chi connectivity index (χ1) is 6.07. The molecule has 72 valence electrons. The topological polar surface area (TPSA) is 64.9 Å². The second-order valence-corrected chi connectivity index (χ2v) is 2.40. The van der Waals surface area contributed by atoms with Gasteiger partial charge in [-0.15, -0.1) is 0 Å². The number of hydrogen-bond donors (Lipinski definition) is 2. The fourth-order valence-corrected chi connectivity index (χ4v) is 0.951. The summed E-state index contributed by atoms with van der Waals surface area (Å²) >= 11 is 0. The van der Waals surface area contributed by atoms with E-state index in [0.29, 0.717) is 0 Å². The summed E-state index contributed by atoms with van der Waals surface area (Å²) in [7, 11) is 0. The van der Waals surface area contributed by atoms with Gasteiger partial charge < -0.3 is 11.5 Å². The summed E-state index contributed by atoms with van der Waals surface area (Å²) in [6.07, 6.45) is -1.95. The maximum atomic E-state index is 13.0. The van der Waals surface area contributed by atoms with Crippen LogP contribution in [-0.4, -0.2) is 4.98 Å². The monoisotopic (exact) mass is 191 g/mol. The lowest BCUT2D eigenvalue weighted by Crippen LogP contribution is -2.09. The third-order valence-corrected chi connectivity index (χ3v) is 1.62. The minimum absolute atomic E-state index is 0.275. The fraction of sp³-hybridized carbons (Fsp3) is 0.286. The molecule has 3 nitrogen and oxygen atoms in total. The summed E-state index contributed by atoms with van der Waals surface area (Å²) in [5.41, 5.74) is 9.40. The zero-order valence-corrected chi connectivity index (χ0v) is 6.60. The lowest BCUT2D eigenvalue weighted by molar-refractivity contribution is 0.149. The van der Waals surface area contributed by atoms with Crippen LogP contribution in [0, 0.1) is 5.82 Å². The van der Waals surface area contributed by atoms with E-state index in [1.807, 2.05) is 0 Å². The molecule has 1 aromatic heterocycles. The van der Waals surface area contributed by atoms with E-state index in [9.17, 15) is 13.2 Å². The van der Waals surface area contributed by atoms with Gasteiger partial charge in [0.05, 0.1) is 0 Å². The third-order valence-electron chi connectivity index (χ3n) is 1.62. The molecule has 1 aromatic rings. The van der Waals surface area contributed by atoms with Gasteiger partial charge >= 0.3 is 0 Å². The molecule has 0 aliphatic rings. The van der Waals surface area contributed by atoms with E-state index >= 15 is 0 Å². The second-order valence-electron chi connectivity index (χ2n) is 2.40. The minimum Gasteiger partial charge on any atom is -0.381 e. The molecule has 1 rings (SSSR count). The Morgan fingerprint density at radius 3 is 2.54 bits per heavy atom. The van der Waals surface area contributed by atoms with Gasteiger partial charge in [-0.1, -0.05) is 0 Å². The highest BCUT2D eigenvalue weighted by Gasteiger charge is 2.18. The lowest BCUT2D eigenvalue weighted by atomic mass is 10.1. The van der Waals surface area contributed by atoms with E-state index in [2.05, 4.69) is 4.98 Å². The summed E-state index contributed by atoms with van der Waals surface area (Å²) in [5, 5.41) is 0. The number of hydrogen-bond acceptors (Lipinski definition) is 3. The van der Waals surface area contributed by atoms with Crippen LogP contribution in [0.15, 0.2) is 6.20 Å². The Balaban J connectivity index is 3.30. The van der Waals surface area contributed by atoms with Crippen LogP contribution in [0.3, 0.4) is 0 Å². The standard InChI is InChI=1S/C7H8F3N3/c8-5-3(1-11)4(6(9)10)2-13-7(5)12/h2,6H,1,11H2,(H2,12,13). The van der Waals surface area contributed by atoms with Crippen LogP contribution in [0.4, 0.5) is 19.0 Å². The van der Waals surface area contributed by atoms with Gasteiger partial charge in [-0.2, -0.15) is 0 Å². The summed E-state index contributed by atoms with van der Waals surface area (Å²) in [6.45, 7) is -0.321. The average molecular weight is 191 g/mol. The highest BCUT2D eigenvalue weighted by Crippen LogP contribution is 2.25. The fourth-order valence-electron chi connectivity index (χ4n) is 0.951. The van der Waals surface area contributed by atoms with E-state index in [4.69, 9.17) is 11.5 Å². The number of anilines is 1. The van der Waals surface area contributed by atoms with Crippen molar-refractivity contribution in [3.8, 4) is 0 Å². The van der Waals surface area contributed by atoms with Gasteiger partial charge in [-0.25, -0.2) is 18.2 Å². The molecular formula is C7H8F3N3. The van der Waals surface area contributed by atoms with Crippen LogP contribution in [0.1, 0.15) is 17.6 Å². The van der Waals surface area contributed by atoms with Crippen LogP contribution >= 0.6 is 0 Å². The van der Waals surface area contributed by atoms with Crippen molar-refractivity contribution in [2.75, 3.05) is 5.73 Å². The molecule has 0 radical (unpaired) electrons. The summed E-state index contributed by atoms with van der Waals surface area (Å²) in [6, 6.07) is 0. The van der Waals surface area contributed by atoms with Crippen molar-refractivity contribution < 1.29 is 13.2 Å². The number of aromatic nitrogens is 1. The molecule has 6 heteroatoms. The Labute approximate surface area is 72.6 Å². The smallest absolute Gasteiger partial charge is 0.265 e. The molecule has 4 N–H and O–H groups in total. The molecule has 0 aromatic carbocycles. The molecule has 0 atom stereocenters. The molecule has 0 amide bonds. The Bertz CT molecular complexity index is 314. The zero-order chi connectivity index (χ0) is 10.0. The molecule has 0 bridgehead atoms. The van der Waals surface area contributed by atoms with Gasteiger partial charge in [0.1, 0.15) is 0 Å². The van der Waals surface area contributed by atoms with Crippen molar-refractivity contribution >= 4 is 5.82 Å². The van der Waals surface area contributed by atoms with Gasteiger partial charge in [0.25, 0.3) is 6.43 Å². The Morgan fingerprint density at radius 1 is 1.46 bits per heavy atom. The van der Waals surface area contributed by atoms with Crippen LogP contribution in [0.2, 0.25) is 0 Å². The quantitative estimate of drug-likeness (QED) is 0.738. The van der Waals surface area contributed by atoms with Crippen molar-refractivity contribution in [1.29, 1.82) is 0 Å². The number of nitrogen functional groups attached to an aromatic ring is 1. The summed E-state index contributed by atoms with van der Waals surface area (Å²) in [4.78, 5) is 3.28. The van der Waals surface area contributed by atoms with Gasteiger partial charge in [-0.3, -0.25) is 0 Å². The van der Waals surface area contributed by atoms with Crippen LogP contribution < -0.4 is 11.5 Å². The van der Waals surface area contributed by atoms with Gasteiger partial charge in [0.15, 0.2) is 11.6 Å². The van der Waals surface area contributed by atoms with E-state index in [1.54, 1.807) is 0 Å². The third kappa shape index (κ3) is 1.72. The van der Waals surface area contributed by atoms with Crippen LogP contribution in [0.25, 0.3) is 0 Å². The van der Waals surface area contributed by atoms with Crippen LogP contribution in [-0.2, 0) is 6.54 Å². The van der Waals surface area contributed by atoms with E-state index < -0.39 is 23.6 Å². The maximum absolute atomic E-state index is 13.0. The molecule has 0 saturated carbocycles. The normalized spacial score (nSPS) is 10.8. The first-order valence-electron chi connectivity index (χ1n) is 3.49. The van der Waals surface area contributed by atoms with E-state index in [-0.39, 0.29) is 12.1 Å². The molecule has 0 aliphatic carbocycles. The van der Waals surface area contributed by atoms with Crippen LogP contribution in [0.5, 0.6) is 0 Å². The van der Waals surface area contributed by atoms with Gasteiger partial charge in [-0.05, 0) is 0 Å². The first-order valence-corrected chi connectivity index (χ1v) is 3.49. The first kappa shape index (κ1) is 9.79. The van der Waals surface area contributed by atoms with Crippen molar-refractivity contribution in [2.24, 2.45) is 5.73 Å². The van der Waals surface area contributed by atoms with Gasteiger partial charge in [0.2, 0.25) is 0 Å². The number of nitrogens with two attached hydrogens (primary N) is 2. The van der Waals surface area contributed by atoms with Crippen molar-refractivity contribution in [2.45, 2.75) is 13.0 Å². The number of nitrogens with zero attached hydrogens (tertiary/aromatic N) is 1. The predicted octanol–water partition coefficient (Wildman–Crippen LogP) is 1.20. The van der Waals surface area contributed by atoms with E-state index in [1.165, 1.54) is 0 Å². The molecule has 0 unspecified atom stereocenters. The molecule has 0 aliphatic heterocycles. The Hall–Kier alpha value is -1.30. The molecule has 0 saturated heterocycles. The second kappa shape index (κ2) is 3.61. The average Bonchev–Trinajstić information content (AvgIpc) is 2.09. The highest BCUT2D eigenvalue weighted by molar-refractivity contribution is 5.39. The maximum Gasteiger partial charge on any atom is 0.265 e. The van der Waals surface area contributed by atoms with Gasteiger partial charge in [0, 0.05) is 23.9 Å². The number of pyridine rings is 1. The SMILES string of the molecule is NCc1c(C(F)F)cnc(N)c1F. The van der Waals surface area contributed by atoms with Crippen molar-refractivity contribution in [3.63, 3.8) is 0 Å². The molecule has 1 heterocycles. The molecule has 13 heavy (non-hydrogen) atoms. The zero-order valence-electron chi connectivity index (χ0n) is 6.60. The number of alkyl halides is 2. The lowest BCUT2D eigenvalue weighted by Gasteiger charge is -2.08. The minimum atomic E-state index is -2.79. The Kier molecular flexibility index (Phi) is 2.72. The largest absolute Gasteiger partial charge is 0.381 e. The van der Waals surface area contributed by atoms with E-state index in [0.717, 1.165) is 6.20 Å².